The summed E-state index contributed by atoms with van der Waals surface area (Å²) in [5.74, 6) is -0.680. The van der Waals surface area contributed by atoms with Crippen molar-refractivity contribution >= 4 is 46.9 Å². The maximum atomic E-state index is 13.5. The summed E-state index contributed by atoms with van der Waals surface area (Å²) in [6.45, 7) is 0. The minimum absolute atomic E-state index is 0.0139. The normalized spacial score (nSPS) is 13.8. The predicted molar refractivity (Wildman–Crippen MR) is 131 cm³/mol. The van der Waals surface area contributed by atoms with E-state index in [9.17, 15) is 14.3 Å². The van der Waals surface area contributed by atoms with Gasteiger partial charge in [-0.25, -0.2) is 9.38 Å². The molecule has 0 aliphatic carbocycles. The molecule has 5 nitrogen and oxygen atoms in total. The number of rotatable bonds is 3. The van der Waals surface area contributed by atoms with E-state index >= 15 is 0 Å². The van der Waals surface area contributed by atoms with Gasteiger partial charge in [0.1, 0.15) is 11.4 Å². The van der Waals surface area contributed by atoms with E-state index in [1.165, 1.54) is 16.7 Å². The summed E-state index contributed by atoms with van der Waals surface area (Å²) in [6.07, 6.45) is 1.57. The standard InChI is InChI=1S/C25H15ClFN3O2S/c26-15-7-11-17(12-8-15)30-24(32)20(23(31)29-25(30)33)13-19-18-3-1-2-4-21(18)28-22(19)14-5-9-16(27)10-6-14/h1-13,32H,(H,29,31,33). The second kappa shape index (κ2) is 8.27. The molecule has 0 radical (unpaired) electrons. The lowest BCUT2D eigenvalue weighted by atomic mass is 9.96. The SMILES string of the molecule is O=c1[nH]c(=S)n(-c2ccc(Cl)cc2)c(O)c1C=C1C(c2ccc(F)cc2)=Nc2ccccc21. The van der Waals surface area contributed by atoms with E-state index in [4.69, 9.17) is 23.8 Å². The van der Waals surface area contributed by atoms with Crippen LogP contribution < -0.4 is 5.56 Å². The zero-order valence-electron chi connectivity index (χ0n) is 16.9. The van der Waals surface area contributed by atoms with Gasteiger partial charge in [-0.2, -0.15) is 0 Å². The van der Waals surface area contributed by atoms with Crippen LogP contribution in [0.25, 0.3) is 17.3 Å². The average Bonchev–Trinajstić information content (AvgIpc) is 3.16. The number of aromatic nitrogens is 2. The molecule has 1 aromatic heterocycles. The molecule has 4 aromatic rings. The van der Waals surface area contributed by atoms with Crippen molar-refractivity contribution in [1.29, 1.82) is 0 Å². The zero-order chi connectivity index (χ0) is 23.1. The summed E-state index contributed by atoms with van der Waals surface area (Å²) in [6, 6.07) is 20.1. The Labute approximate surface area is 197 Å². The summed E-state index contributed by atoms with van der Waals surface area (Å²) in [4.78, 5) is 20.1. The van der Waals surface area contributed by atoms with Gasteiger partial charge in [0.05, 0.1) is 17.1 Å². The Bertz CT molecular complexity index is 1570. The molecule has 0 fully saturated rings. The summed E-state index contributed by atoms with van der Waals surface area (Å²) in [5.41, 5.74) is 3.38. The maximum absolute atomic E-state index is 13.5. The smallest absolute Gasteiger partial charge is 0.262 e. The van der Waals surface area contributed by atoms with E-state index < -0.39 is 5.56 Å². The first-order chi connectivity index (χ1) is 15.9. The molecule has 0 unspecified atom stereocenters. The number of aromatic amines is 1. The molecular formula is C25H15ClFN3O2S. The number of halogens is 2. The number of nitrogens with one attached hydrogen (secondary N) is 1. The molecule has 33 heavy (non-hydrogen) atoms. The molecule has 1 aliphatic rings. The molecule has 3 aromatic carbocycles. The Balaban J connectivity index is 1.73. The van der Waals surface area contributed by atoms with Crippen molar-refractivity contribution in [2.45, 2.75) is 0 Å². The van der Waals surface area contributed by atoms with Gasteiger partial charge in [0, 0.05) is 21.7 Å². The lowest BCUT2D eigenvalue weighted by Crippen LogP contribution is -2.16. The van der Waals surface area contributed by atoms with Gasteiger partial charge in [-0.15, -0.1) is 0 Å². The van der Waals surface area contributed by atoms with Crippen LogP contribution in [-0.4, -0.2) is 20.4 Å². The topological polar surface area (TPSA) is 70.4 Å². The monoisotopic (exact) mass is 475 g/mol. The van der Waals surface area contributed by atoms with E-state index in [1.807, 2.05) is 24.3 Å². The fourth-order valence-corrected chi connectivity index (χ4v) is 4.13. The highest BCUT2D eigenvalue weighted by molar-refractivity contribution is 7.71. The highest BCUT2D eigenvalue weighted by atomic mass is 35.5. The van der Waals surface area contributed by atoms with Crippen molar-refractivity contribution in [3.8, 4) is 11.6 Å². The maximum Gasteiger partial charge on any atom is 0.262 e. The van der Waals surface area contributed by atoms with Crippen LogP contribution in [0.5, 0.6) is 5.88 Å². The molecule has 0 saturated heterocycles. The highest BCUT2D eigenvalue weighted by Crippen LogP contribution is 2.38. The van der Waals surface area contributed by atoms with E-state index in [0.717, 1.165) is 5.56 Å². The number of fused-ring (bicyclic) bond motifs is 1. The average molecular weight is 476 g/mol. The fourth-order valence-electron chi connectivity index (χ4n) is 3.72. The Morgan fingerprint density at radius 1 is 1.03 bits per heavy atom. The zero-order valence-corrected chi connectivity index (χ0v) is 18.5. The van der Waals surface area contributed by atoms with Gasteiger partial charge in [0.15, 0.2) is 4.77 Å². The van der Waals surface area contributed by atoms with Gasteiger partial charge >= 0.3 is 0 Å². The van der Waals surface area contributed by atoms with Crippen molar-refractivity contribution in [2.24, 2.45) is 4.99 Å². The number of allylic oxidation sites excluding steroid dienone is 1. The number of benzene rings is 3. The van der Waals surface area contributed by atoms with E-state index in [-0.39, 0.29) is 22.0 Å². The number of aromatic hydroxyl groups is 1. The Kier molecular flexibility index (Phi) is 5.28. The van der Waals surface area contributed by atoms with Crippen LogP contribution in [0.15, 0.2) is 82.6 Å². The molecule has 5 rings (SSSR count). The molecule has 0 spiro atoms. The van der Waals surface area contributed by atoms with Gasteiger partial charge in [-0.05, 0) is 72.9 Å². The molecule has 0 atom stereocenters. The van der Waals surface area contributed by atoms with Gasteiger partial charge in [0.25, 0.3) is 5.56 Å². The first-order valence-electron chi connectivity index (χ1n) is 9.93. The predicted octanol–water partition coefficient (Wildman–Crippen LogP) is 6.07. The number of H-pyrrole nitrogens is 1. The number of nitrogens with zero attached hydrogens (tertiary/aromatic N) is 2. The van der Waals surface area contributed by atoms with Crippen LogP contribution in [0.1, 0.15) is 16.7 Å². The Morgan fingerprint density at radius 2 is 1.73 bits per heavy atom. The summed E-state index contributed by atoms with van der Waals surface area (Å²) >= 11 is 11.3. The third kappa shape index (κ3) is 3.82. The van der Waals surface area contributed by atoms with Crippen molar-refractivity contribution in [3.05, 3.63) is 115 Å². The van der Waals surface area contributed by atoms with Crippen LogP contribution in [0, 0.1) is 10.6 Å². The molecule has 0 bridgehead atoms. The third-order valence-electron chi connectivity index (χ3n) is 5.29. The van der Waals surface area contributed by atoms with Gasteiger partial charge in [-0.1, -0.05) is 29.8 Å². The first-order valence-corrected chi connectivity index (χ1v) is 10.7. The number of aliphatic imine (C=N–C) groups is 1. The Morgan fingerprint density at radius 3 is 2.45 bits per heavy atom. The van der Waals surface area contributed by atoms with Crippen LogP contribution >= 0.6 is 23.8 Å². The number of hydrogen-bond donors (Lipinski definition) is 2. The van der Waals surface area contributed by atoms with E-state index in [2.05, 4.69) is 9.98 Å². The lowest BCUT2D eigenvalue weighted by molar-refractivity contribution is 0.432. The largest absolute Gasteiger partial charge is 0.494 e. The van der Waals surface area contributed by atoms with Crippen molar-refractivity contribution in [2.75, 3.05) is 0 Å². The quantitative estimate of drug-likeness (QED) is 0.353. The molecule has 162 valence electrons. The van der Waals surface area contributed by atoms with Crippen molar-refractivity contribution < 1.29 is 9.50 Å². The minimum atomic E-state index is -0.543. The molecule has 2 heterocycles. The number of para-hydroxylation sites is 1. The van der Waals surface area contributed by atoms with Gasteiger partial charge in [-0.3, -0.25) is 14.3 Å². The van der Waals surface area contributed by atoms with Crippen LogP contribution in [-0.2, 0) is 0 Å². The molecular weight excluding hydrogens is 461 g/mol. The summed E-state index contributed by atoms with van der Waals surface area (Å²) < 4.78 is 14.9. The second-order valence-corrected chi connectivity index (χ2v) is 8.17. The lowest BCUT2D eigenvalue weighted by Gasteiger charge is -2.12. The van der Waals surface area contributed by atoms with Gasteiger partial charge in [0.2, 0.25) is 5.88 Å². The Hall–Kier alpha value is -3.81. The molecule has 1 aliphatic heterocycles. The first kappa shape index (κ1) is 21.1. The minimum Gasteiger partial charge on any atom is -0.494 e. The van der Waals surface area contributed by atoms with Crippen LogP contribution in [0.2, 0.25) is 5.02 Å². The van der Waals surface area contributed by atoms with Crippen LogP contribution in [0.3, 0.4) is 0 Å². The molecule has 0 amide bonds. The molecule has 2 N–H and O–H groups in total. The third-order valence-corrected chi connectivity index (χ3v) is 5.83. The van der Waals surface area contributed by atoms with Crippen LogP contribution in [0.4, 0.5) is 10.1 Å². The van der Waals surface area contributed by atoms with E-state index in [1.54, 1.807) is 42.5 Å². The van der Waals surface area contributed by atoms with Crippen molar-refractivity contribution in [1.82, 2.24) is 9.55 Å². The second-order valence-electron chi connectivity index (χ2n) is 7.35. The molecule has 8 heteroatoms. The summed E-state index contributed by atoms with van der Waals surface area (Å²) in [5, 5.41) is 11.6. The fraction of sp³-hybridized carbons (Fsp3) is 0. The summed E-state index contributed by atoms with van der Waals surface area (Å²) in [7, 11) is 0. The van der Waals surface area contributed by atoms with E-state index in [0.29, 0.717) is 33.2 Å². The van der Waals surface area contributed by atoms with Crippen molar-refractivity contribution in [3.63, 3.8) is 0 Å². The van der Waals surface area contributed by atoms with Gasteiger partial charge < -0.3 is 5.11 Å². The highest BCUT2D eigenvalue weighted by Gasteiger charge is 2.24. The molecule has 0 saturated carbocycles. The number of hydrogen-bond acceptors (Lipinski definition) is 4.